The van der Waals surface area contributed by atoms with E-state index in [1.807, 2.05) is 25.1 Å². The van der Waals surface area contributed by atoms with Crippen molar-refractivity contribution < 1.29 is 18.7 Å². The van der Waals surface area contributed by atoms with E-state index in [9.17, 15) is 14.0 Å². The van der Waals surface area contributed by atoms with Crippen molar-refractivity contribution in [3.8, 4) is 5.75 Å². The zero-order valence-corrected chi connectivity index (χ0v) is 13.6. The number of hydrogen-bond acceptors (Lipinski definition) is 3. The first-order valence-electron chi connectivity index (χ1n) is 7.43. The minimum Gasteiger partial charge on any atom is -0.484 e. The van der Waals surface area contributed by atoms with Crippen LogP contribution in [0.5, 0.6) is 5.75 Å². The lowest BCUT2D eigenvalue weighted by molar-refractivity contribution is -0.135. The van der Waals surface area contributed by atoms with Crippen molar-refractivity contribution in [1.82, 2.24) is 4.90 Å². The van der Waals surface area contributed by atoms with Crippen molar-refractivity contribution in [1.29, 1.82) is 0 Å². The van der Waals surface area contributed by atoms with E-state index in [2.05, 4.69) is 5.32 Å². The third-order valence-corrected chi connectivity index (χ3v) is 3.38. The Balaban J connectivity index is 1.81. The Morgan fingerprint density at radius 3 is 2.46 bits per heavy atom. The van der Waals surface area contributed by atoms with Crippen molar-refractivity contribution in [2.24, 2.45) is 0 Å². The molecule has 1 N–H and O–H groups in total. The molecule has 0 aliphatic carbocycles. The summed E-state index contributed by atoms with van der Waals surface area (Å²) < 4.78 is 18.3. The average Bonchev–Trinajstić information content (AvgIpc) is 2.56. The number of carbonyl (C=O) groups excluding carboxylic acids is 2. The summed E-state index contributed by atoms with van der Waals surface area (Å²) >= 11 is 0. The Kier molecular flexibility index (Phi) is 5.89. The highest BCUT2D eigenvalue weighted by Gasteiger charge is 2.14. The molecule has 0 bridgehead atoms. The largest absolute Gasteiger partial charge is 0.484 e. The SMILES string of the molecule is Cc1ccccc1OCC(=O)N(C)CC(=O)Nc1ccc(F)cc1. The molecule has 0 saturated heterocycles. The van der Waals surface area contributed by atoms with Crippen LogP contribution in [0, 0.1) is 12.7 Å². The highest BCUT2D eigenvalue weighted by molar-refractivity contribution is 5.94. The van der Waals surface area contributed by atoms with Gasteiger partial charge in [0, 0.05) is 12.7 Å². The molecule has 0 spiro atoms. The first-order chi connectivity index (χ1) is 11.5. The van der Waals surface area contributed by atoms with Crippen LogP contribution in [0.3, 0.4) is 0 Å². The van der Waals surface area contributed by atoms with E-state index in [1.54, 1.807) is 6.07 Å². The van der Waals surface area contributed by atoms with Gasteiger partial charge in [-0.1, -0.05) is 18.2 Å². The Labute approximate surface area is 140 Å². The Bertz CT molecular complexity index is 716. The topological polar surface area (TPSA) is 58.6 Å². The summed E-state index contributed by atoms with van der Waals surface area (Å²) in [5, 5.41) is 2.60. The lowest BCUT2D eigenvalue weighted by atomic mass is 10.2. The van der Waals surface area contributed by atoms with E-state index in [1.165, 1.54) is 36.2 Å². The van der Waals surface area contributed by atoms with Crippen molar-refractivity contribution in [2.45, 2.75) is 6.92 Å². The van der Waals surface area contributed by atoms with Crippen LogP contribution in [-0.4, -0.2) is 36.9 Å². The van der Waals surface area contributed by atoms with Crippen molar-refractivity contribution in [2.75, 3.05) is 25.5 Å². The van der Waals surface area contributed by atoms with Gasteiger partial charge in [0.05, 0.1) is 6.54 Å². The van der Waals surface area contributed by atoms with Crippen LogP contribution in [0.4, 0.5) is 10.1 Å². The molecule has 0 heterocycles. The number of benzene rings is 2. The van der Waals surface area contributed by atoms with Gasteiger partial charge in [-0.3, -0.25) is 9.59 Å². The maximum Gasteiger partial charge on any atom is 0.260 e. The van der Waals surface area contributed by atoms with Crippen LogP contribution in [0.15, 0.2) is 48.5 Å². The third-order valence-electron chi connectivity index (χ3n) is 3.38. The number of aryl methyl sites for hydroxylation is 1. The van der Waals surface area contributed by atoms with Crippen LogP contribution in [-0.2, 0) is 9.59 Å². The number of carbonyl (C=O) groups is 2. The standard InChI is InChI=1S/C18H19FN2O3/c1-13-5-3-4-6-16(13)24-12-18(23)21(2)11-17(22)20-15-9-7-14(19)8-10-15/h3-10H,11-12H2,1-2H3,(H,20,22). The molecule has 5 nitrogen and oxygen atoms in total. The van der Waals surface area contributed by atoms with Gasteiger partial charge in [0.25, 0.3) is 5.91 Å². The second-order valence-corrected chi connectivity index (χ2v) is 5.36. The second-order valence-electron chi connectivity index (χ2n) is 5.36. The van der Waals surface area contributed by atoms with Gasteiger partial charge < -0.3 is 15.0 Å². The summed E-state index contributed by atoms with van der Waals surface area (Å²) in [7, 11) is 1.52. The Hall–Kier alpha value is -2.89. The molecule has 0 radical (unpaired) electrons. The molecule has 0 atom stereocenters. The first-order valence-corrected chi connectivity index (χ1v) is 7.43. The normalized spacial score (nSPS) is 10.1. The summed E-state index contributed by atoms with van der Waals surface area (Å²) in [6, 6.07) is 12.8. The molecule has 0 fully saturated rings. The van der Waals surface area contributed by atoms with Crippen molar-refractivity contribution in [3.05, 3.63) is 59.9 Å². The fourth-order valence-electron chi connectivity index (χ4n) is 2.01. The van der Waals surface area contributed by atoms with Gasteiger partial charge in [0.1, 0.15) is 11.6 Å². The smallest absolute Gasteiger partial charge is 0.260 e. The van der Waals surface area contributed by atoms with E-state index >= 15 is 0 Å². The van der Waals surface area contributed by atoms with E-state index in [4.69, 9.17) is 4.74 Å². The lowest BCUT2D eigenvalue weighted by Crippen LogP contribution is -2.37. The number of ether oxygens (including phenoxy) is 1. The molecule has 2 aromatic carbocycles. The molecule has 0 aliphatic rings. The molecule has 6 heteroatoms. The van der Waals surface area contributed by atoms with Gasteiger partial charge in [-0.25, -0.2) is 4.39 Å². The van der Waals surface area contributed by atoms with Gasteiger partial charge in [-0.15, -0.1) is 0 Å². The Morgan fingerprint density at radius 2 is 1.79 bits per heavy atom. The molecule has 0 saturated carbocycles. The molecule has 0 unspecified atom stereocenters. The molecular weight excluding hydrogens is 311 g/mol. The third kappa shape index (κ3) is 5.08. The van der Waals surface area contributed by atoms with E-state index in [-0.39, 0.29) is 30.8 Å². The first kappa shape index (κ1) is 17.5. The number of hydrogen-bond donors (Lipinski definition) is 1. The van der Waals surface area contributed by atoms with Gasteiger partial charge in [-0.05, 0) is 42.8 Å². The number of nitrogens with zero attached hydrogens (tertiary/aromatic N) is 1. The molecule has 24 heavy (non-hydrogen) atoms. The molecular formula is C18H19FN2O3. The number of anilines is 1. The Morgan fingerprint density at radius 1 is 1.12 bits per heavy atom. The number of nitrogens with one attached hydrogen (secondary N) is 1. The van der Waals surface area contributed by atoms with Crippen LogP contribution in [0.2, 0.25) is 0 Å². The van der Waals surface area contributed by atoms with Crippen LogP contribution in [0.25, 0.3) is 0 Å². The van der Waals surface area contributed by atoms with Crippen LogP contribution in [0.1, 0.15) is 5.56 Å². The van der Waals surface area contributed by atoms with E-state index < -0.39 is 0 Å². The number of halogens is 1. The summed E-state index contributed by atoms with van der Waals surface area (Å²) in [5.74, 6) is -0.426. The van der Waals surface area contributed by atoms with Crippen LogP contribution < -0.4 is 10.1 Å². The molecule has 2 rings (SSSR count). The summed E-state index contributed by atoms with van der Waals surface area (Å²) in [4.78, 5) is 25.2. The molecule has 2 amide bonds. The summed E-state index contributed by atoms with van der Waals surface area (Å²) in [6.45, 7) is 1.62. The molecule has 2 aromatic rings. The maximum atomic E-state index is 12.8. The zero-order valence-electron chi connectivity index (χ0n) is 13.6. The quantitative estimate of drug-likeness (QED) is 0.886. The maximum absolute atomic E-state index is 12.8. The van der Waals surface area contributed by atoms with Crippen molar-refractivity contribution in [3.63, 3.8) is 0 Å². The van der Waals surface area contributed by atoms with Gasteiger partial charge in [0.2, 0.25) is 5.91 Å². The van der Waals surface area contributed by atoms with Gasteiger partial charge >= 0.3 is 0 Å². The molecule has 0 aliphatic heterocycles. The number of para-hydroxylation sites is 1. The number of rotatable bonds is 6. The predicted octanol–water partition coefficient (Wildman–Crippen LogP) is 2.61. The van der Waals surface area contributed by atoms with Gasteiger partial charge in [-0.2, -0.15) is 0 Å². The highest BCUT2D eigenvalue weighted by Crippen LogP contribution is 2.16. The molecule has 126 valence electrons. The minimum atomic E-state index is -0.381. The monoisotopic (exact) mass is 330 g/mol. The second kappa shape index (κ2) is 8.10. The van der Waals surface area contributed by atoms with Crippen LogP contribution >= 0.6 is 0 Å². The minimum absolute atomic E-state index is 0.118. The number of likely N-dealkylation sites (N-methyl/N-ethyl adjacent to an activating group) is 1. The van der Waals surface area contributed by atoms with Gasteiger partial charge in [0.15, 0.2) is 6.61 Å². The lowest BCUT2D eigenvalue weighted by Gasteiger charge is -2.17. The molecule has 0 aromatic heterocycles. The fourth-order valence-corrected chi connectivity index (χ4v) is 2.01. The predicted molar refractivity (Wildman–Crippen MR) is 89.3 cm³/mol. The zero-order chi connectivity index (χ0) is 17.5. The summed E-state index contributed by atoms with van der Waals surface area (Å²) in [6.07, 6.45) is 0. The van der Waals surface area contributed by atoms with E-state index in [0.29, 0.717) is 11.4 Å². The highest BCUT2D eigenvalue weighted by atomic mass is 19.1. The van der Waals surface area contributed by atoms with Crippen molar-refractivity contribution >= 4 is 17.5 Å². The number of amides is 2. The van der Waals surface area contributed by atoms with E-state index in [0.717, 1.165) is 5.56 Å². The fraction of sp³-hybridized carbons (Fsp3) is 0.222. The summed E-state index contributed by atoms with van der Waals surface area (Å²) in [5.41, 5.74) is 1.40. The average molecular weight is 330 g/mol.